The summed E-state index contributed by atoms with van der Waals surface area (Å²) < 4.78 is 10.0. The van der Waals surface area contributed by atoms with E-state index in [0.717, 1.165) is 67.5 Å². The number of furan rings is 1. The van der Waals surface area contributed by atoms with Gasteiger partial charge in [0, 0.05) is 82.7 Å². The van der Waals surface area contributed by atoms with E-state index in [1.807, 2.05) is 11.3 Å². The third-order valence-electron chi connectivity index (χ3n) is 21.7. The van der Waals surface area contributed by atoms with Crippen LogP contribution in [0.4, 0.5) is 45.5 Å². The molecule has 3 aliphatic rings. The predicted molar refractivity (Wildman–Crippen MR) is 426 cm³/mol. The SMILES string of the molecule is CC(C)(C)c1ccc(N2B3c4cc5oc(-c6ccccc6)c(-c6ccccc6)c5cc4N(c4ccc(C(C)(C)C)cc4-c4ccccc4)c4c3c(cc3c4sc4ccccc43)-c3cc4c(cc32)C(C)(C)c2ccc(N(c3ccc(C(C)(C)C)cc3)c3ccc(C(C)(C)C)cc3)cc2-4)cc1. The van der Waals surface area contributed by atoms with Gasteiger partial charge >= 0.3 is 6.85 Å². The first kappa shape index (κ1) is 62.4. The first-order valence-electron chi connectivity index (χ1n) is 35.3. The van der Waals surface area contributed by atoms with Crippen LogP contribution in [-0.2, 0) is 27.1 Å². The number of nitrogens with zero attached hydrogens (tertiary/aromatic N) is 3. The summed E-state index contributed by atoms with van der Waals surface area (Å²) in [5, 5.41) is 3.59. The lowest BCUT2D eigenvalue weighted by atomic mass is 9.43. The van der Waals surface area contributed by atoms with Crippen LogP contribution < -0.4 is 25.5 Å². The van der Waals surface area contributed by atoms with E-state index in [9.17, 15) is 0 Å². The van der Waals surface area contributed by atoms with E-state index in [4.69, 9.17) is 4.42 Å². The lowest BCUT2D eigenvalue weighted by Crippen LogP contribution is -2.61. The van der Waals surface area contributed by atoms with Crippen LogP contribution in [-0.4, -0.2) is 6.85 Å². The minimum atomic E-state index is -0.358. The fourth-order valence-corrected chi connectivity index (χ4v) is 17.4. The van der Waals surface area contributed by atoms with E-state index in [1.165, 1.54) is 109 Å². The average Bonchev–Trinajstić information content (AvgIpc) is 1.66. The van der Waals surface area contributed by atoms with Gasteiger partial charge in [-0.3, -0.25) is 0 Å². The van der Waals surface area contributed by atoms with Crippen molar-refractivity contribution in [1.82, 2.24) is 0 Å². The highest BCUT2D eigenvalue weighted by atomic mass is 32.1. The van der Waals surface area contributed by atoms with E-state index < -0.39 is 0 Å². The van der Waals surface area contributed by atoms with Crippen molar-refractivity contribution in [1.29, 1.82) is 0 Å². The number of anilines is 8. The van der Waals surface area contributed by atoms with Crippen LogP contribution in [0.1, 0.15) is 130 Å². The van der Waals surface area contributed by atoms with Crippen molar-refractivity contribution >= 4 is 106 Å². The Morgan fingerprint density at radius 3 is 1.54 bits per heavy atom. The quantitative estimate of drug-likeness (QED) is 0.141. The Bertz CT molecular complexity index is 5480. The molecular formula is C93H84BN3OS. The van der Waals surface area contributed by atoms with Gasteiger partial charge in [0.05, 0.1) is 16.1 Å². The van der Waals surface area contributed by atoms with E-state index in [0.29, 0.717) is 0 Å². The molecule has 6 heteroatoms. The van der Waals surface area contributed by atoms with Crippen LogP contribution in [0.3, 0.4) is 0 Å². The average molecular weight is 1300 g/mol. The number of hydrogen-bond acceptors (Lipinski definition) is 5. The maximum absolute atomic E-state index is 7.50. The number of fused-ring (bicyclic) bond motifs is 12. The molecule has 0 atom stereocenters. The van der Waals surface area contributed by atoms with Crippen LogP contribution in [0.5, 0.6) is 0 Å². The third kappa shape index (κ3) is 10.1. The monoisotopic (exact) mass is 1300 g/mol. The zero-order chi connectivity index (χ0) is 68.4. The fraction of sp³-hybridized carbons (Fsp3) is 0.204. The molecule has 0 N–H and O–H groups in total. The zero-order valence-corrected chi connectivity index (χ0v) is 60.3. The van der Waals surface area contributed by atoms with Gasteiger partial charge in [-0.1, -0.05) is 255 Å². The second-order valence-electron chi connectivity index (χ2n) is 32.6. The van der Waals surface area contributed by atoms with E-state index >= 15 is 0 Å². The second-order valence-corrected chi connectivity index (χ2v) is 33.6. The van der Waals surface area contributed by atoms with Crippen LogP contribution in [0.25, 0.3) is 87.0 Å². The lowest BCUT2D eigenvalue weighted by Gasteiger charge is -2.46. The number of thiophene rings is 1. The highest BCUT2D eigenvalue weighted by molar-refractivity contribution is 7.26. The largest absolute Gasteiger partial charge is 0.455 e. The molecule has 17 rings (SSSR count). The Hall–Kier alpha value is -10.1. The molecular weight excluding hydrogens is 1220 g/mol. The Kier molecular flexibility index (Phi) is 14.1. The van der Waals surface area contributed by atoms with Crippen molar-refractivity contribution in [3.8, 4) is 55.8 Å². The Morgan fingerprint density at radius 2 is 0.929 bits per heavy atom. The molecule has 14 aromatic rings. The van der Waals surface area contributed by atoms with Crippen LogP contribution in [0, 0.1) is 0 Å². The Labute approximate surface area is 589 Å². The molecule has 0 bridgehead atoms. The van der Waals surface area contributed by atoms with Crippen LogP contribution >= 0.6 is 11.3 Å². The molecule has 4 nitrogen and oxygen atoms in total. The van der Waals surface area contributed by atoms with Gasteiger partial charge in [-0.15, -0.1) is 11.3 Å². The molecule has 2 aromatic heterocycles. The van der Waals surface area contributed by atoms with Crippen molar-refractivity contribution in [2.24, 2.45) is 0 Å². The first-order chi connectivity index (χ1) is 47.4. The van der Waals surface area contributed by atoms with Gasteiger partial charge < -0.3 is 19.0 Å². The molecule has 1 aliphatic carbocycles. The molecule has 12 aromatic carbocycles. The third-order valence-corrected chi connectivity index (χ3v) is 22.9. The number of hydrogen-bond donors (Lipinski definition) is 0. The summed E-state index contributed by atoms with van der Waals surface area (Å²) in [7, 11) is 0. The standard InChI is InChI=1S/C93H84BN3OS/c1-89(2,3)60-34-41-64(42-35-60)95(65-43-36-61(37-44-65)90(4,5)6)67-47-48-76-70(51-67)71-52-72-73-53-74-68-32-24-25-33-83(68)99-88(74)86-85(73)94(97(80(72)55-77(71)93(76,13)14)66-45-38-62(39-46-66)91(7,8)9)78-56-82-75(84(58-28-20-16-21-29-58)87(98-82)59-30-22-17-23-31-59)54-81(78)96(86)79-49-40-63(92(10,11)12)50-69(79)57-26-18-15-19-27-57/h15-56H,1-14H3. The smallest absolute Gasteiger partial charge is 0.333 e. The van der Waals surface area contributed by atoms with Gasteiger partial charge in [0.2, 0.25) is 0 Å². The molecule has 486 valence electrons. The minimum absolute atomic E-state index is 0.0149. The molecule has 0 amide bonds. The maximum atomic E-state index is 7.50. The summed E-state index contributed by atoms with van der Waals surface area (Å²) in [6.45, 7) is 32.3. The number of benzene rings is 12. The summed E-state index contributed by atoms with van der Waals surface area (Å²) in [6.07, 6.45) is 0. The van der Waals surface area contributed by atoms with Crippen LogP contribution in [0.15, 0.2) is 259 Å². The second kappa shape index (κ2) is 22.4. The molecule has 0 saturated heterocycles. The molecule has 0 unspecified atom stereocenters. The lowest BCUT2D eigenvalue weighted by molar-refractivity contribution is 0.590. The summed E-state index contributed by atoms with van der Waals surface area (Å²) in [6, 6.07) is 97.2. The van der Waals surface area contributed by atoms with Gasteiger partial charge in [-0.2, -0.15) is 0 Å². The molecule has 99 heavy (non-hydrogen) atoms. The Balaban J connectivity index is 0.991. The van der Waals surface area contributed by atoms with Gasteiger partial charge in [-0.25, -0.2) is 0 Å². The van der Waals surface area contributed by atoms with E-state index in [2.05, 4.69) is 366 Å². The zero-order valence-electron chi connectivity index (χ0n) is 59.5. The van der Waals surface area contributed by atoms with E-state index in [-0.39, 0.29) is 33.9 Å². The molecule has 0 spiro atoms. The summed E-state index contributed by atoms with van der Waals surface area (Å²) in [5.74, 6) is 0.861. The first-order valence-corrected chi connectivity index (χ1v) is 36.1. The van der Waals surface area contributed by atoms with E-state index in [1.54, 1.807) is 0 Å². The Morgan fingerprint density at radius 1 is 0.394 bits per heavy atom. The van der Waals surface area contributed by atoms with Crippen molar-refractivity contribution < 1.29 is 4.42 Å². The van der Waals surface area contributed by atoms with Gasteiger partial charge in [0.1, 0.15) is 11.3 Å². The molecule has 4 heterocycles. The summed E-state index contributed by atoms with van der Waals surface area (Å²) in [5.41, 5.74) is 30.4. The highest BCUT2D eigenvalue weighted by Crippen LogP contribution is 2.59. The highest BCUT2D eigenvalue weighted by Gasteiger charge is 2.49. The number of rotatable bonds is 8. The maximum Gasteiger partial charge on any atom is 0.333 e. The predicted octanol–water partition coefficient (Wildman–Crippen LogP) is 25.5. The normalized spacial score (nSPS) is 14.0. The van der Waals surface area contributed by atoms with Gasteiger partial charge in [-0.05, 0) is 191 Å². The van der Waals surface area contributed by atoms with Gasteiger partial charge in [0.25, 0.3) is 0 Å². The van der Waals surface area contributed by atoms with Crippen molar-refractivity contribution in [3.63, 3.8) is 0 Å². The van der Waals surface area contributed by atoms with Crippen molar-refractivity contribution in [2.75, 3.05) is 14.6 Å². The molecule has 0 radical (unpaired) electrons. The van der Waals surface area contributed by atoms with Crippen molar-refractivity contribution in [2.45, 2.75) is 124 Å². The summed E-state index contributed by atoms with van der Waals surface area (Å²) in [4.78, 5) is 7.89. The topological polar surface area (TPSA) is 22.9 Å². The van der Waals surface area contributed by atoms with Crippen LogP contribution in [0.2, 0.25) is 0 Å². The fourth-order valence-electron chi connectivity index (χ4n) is 16.2. The van der Waals surface area contributed by atoms with Gasteiger partial charge in [0.15, 0.2) is 0 Å². The molecule has 0 saturated carbocycles. The summed E-state index contributed by atoms with van der Waals surface area (Å²) >= 11 is 1.92. The van der Waals surface area contributed by atoms with Crippen molar-refractivity contribution in [3.05, 3.63) is 288 Å². The minimum Gasteiger partial charge on any atom is -0.455 e. The molecule has 2 aliphatic heterocycles. The molecule has 0 fully saturated rings.